The summed E-state index contributed by atoms with van der Waals surface area (Å²) in [4.78, 5) is 26.5. The molecule has 3 rings (SSSR count). The van der Waals surface area contributed by atoms with Crippen molar-refractivity contribution in [2.24, 2.45) is 5.92 Å². The smallest absolute Gasteiger partial charge is 0.321 e. The number of carbonyl (C=O) groups excluding carboxylic acids is 2. The highest BCUT2D eigenvalue weighted by atomic mass is 19.1. The first kappa shape index (κ1) is 18.7. The number of piperidine rings is 1. The van der Waals surface area contributed by atoms with Crippen LogP contribution in [0.2, 0.25) is 0 Å². The first-order chi connectivity index (χ1) is 13.0. The second kappa shape index (κ2) is 8.53. The van der Waals surface area contributed by atoms with Gasteiger partial charge in [-0.25, -0.2) is 9.18 Å². The highest BCUT2D eigenvalue weighted by Crippen LogP contribution is 2.22. The van der Waals surface area contributed by atoms with Crippen LogP contribution in [0.25, 0.3) is 0 Å². The zero-order valence-electron chi connectivity index (χ0n) is 15.1. The molecule has 0 spiro atoms. The molecule has 0 aliphatic carbocycles. The number of rotatable bonds is 4. The van der Waals surface area contributed by atoms with Crippen molar-refractivity contribution in [3.63, 3.8) is 0 Å². The summed E-state index contributed by atoms with van der Waals surface area (Å²) in [5.41, 5.74) is 1.23. The predicted octanol–water partition coefficient (Wildman–Crippen LogP) is 3.72. The molecule has 3 amide bonds. The maximum Gasteiger partial charge on any atom is 0.321 e. The molecule has 142 valence electrons. The normalized spacial score (nSPS) is 14.5. The molecule has 27 heavy (non-hydrogen) atoms. The summed E-state index contributed by atoms with van der Waals surface area (Å²) in [6.07, 6.45) is 1.16. The summed E-state index contributed by atoms with van der Waals surface area (Å²) in [7, 11) is 1.57. The number of hydrogen-bond acceptors (Lipinski definition) is 3. The van der Waals surface area contributed by atoms with E-state index in [0.29, 0.717) is 43.1 Å². The van der Waals surface area contributed by atoms with Gasteiger partial charge in [-0.05, 0) is 49.2 Å². The van der Waals surface area contributed by atoms with Crippen molar-refractivity contribution in [1.29, 1.82) is 0 Å². The molecule has 6 nitrogen and oxygen atoms in total. The molecular weight excluding hydrogens is 349 g/mol. The van der Waals surface area contributed by atoms with Gasteiger partial charge in [-0.3, -0.25) is 4.79 Å². The fourth-order valence-electron chi connectivity index (χ4n) is 3.03. The van der Waals surface area contributed by atoms with Gasteiger partial charge in [0.15, 0.2) is 0 Å². The Balaban J connectivity index is 1.49. The van der Waals surface area contributed by atoms with Gasteiger partial charge in [-0.1, -0.05) is 6.07 Å². The summed E-state index contributed by atoms with van der Waals surface area (Å²) >= 11 is 0. The van der Waals surface area contributed by atoms with Gasteiger partial charge in [0, 0.05) is 36.4 Å². The third-order valence-corrected chi connectivity index (χ3v) is 4.59. The SMILES string of the molecule is COc1cccc(NC(=O)N2CCC(C(=O)Nc3ccc(F)cc3)CC2)c1. The van der Waals surface area contributed by atoms with Gasteiger partial charge in [0.05, 0.1) is 7.11 Å². The minimum atomic E-state index is -0.344. The van der Waals surface area contributed by atoms with Crippen molar-refractivity contribution in [3.05, 3.63) is 54.3 Å². The van der Waals surface area contributed by atoms with E-state index in [9.17, 15) is 14.0 Å². The van der Waals surface area contributed by atoms with Crippen molar-refractivity contribution in [1.82, 2.24) is 4.90 Å². The summed E-state index contributed by atoms with van der Waals surface area (Å²) in [6.45, 7) is 0.995. The standard InChI is InChI=1S/C20H22FN3O3/c1-27-18-4-2-3-17(13-18)23-20(26)24-11-9-14(10-12-24)19(25)22-16-7-5-15(21)6-8-16/h2-8,13-14H,9-12H2,1H3,(H,22,25)(H,23,26). The molecule has 0 unspecified atom stereocenters. The third kappa shape index (κ3) is 4.97. The molecule has 1 aliphatic heterocycles. The van der Waals surface area contributed by atoms with Crippen molar-refractivity contribution in [2.75, 3.05) is 30.8 Å². The Kier molecular flexibility index (Phi) is 5.90. The van der Waals surface area contributed by atoms with Crippen LogP contribution in [0, 0.1) is 11.7 Å². The summed E-state index contributed by atoms with van der Waals surface area (Å²) in [6, 6.07) is 12.6. The summed E-state index contributed by atoms with van der Waals surface area (Å²) < 4.78 is 18.1. The minimum absolute atomic E-state index is 0.102. The Bertz CT molecular complexity index is 802. The van der Waals surface area contributed by atoms with Crippen molar-refractivity contribution < 1.29 is 18.7 Å². The van der Waals surface area contributed by atoms with E-state index in [-0.39, 0.29) is 23.7 Å². The van der Waals surface area contributed by atoms with Crippen LogP contribution in [0.4, 0.5) is 20.6 Å². The van der Waals surface area contributed by atoms with Crippen LogP contribution >= 0.6 is 0 Å². The van der Waals surface area contributed by atoms with E-state index in [1.54, 1.807) is 36.3 Å². The summed E-state index contributed by atoms with van der Waals surface area (Å²) in [5.74, 6) is 0.0534. The van der Waals surface area contributed by atoms with Crippen LogP contribution in [0.5, 0.6) is 5.75 Å². The Hall–Kier alpha value is -3.09. The maximum atomic E-state index is 12.9. The molecule has 0 saturated carbocycles. The lowest BCUT2D eigenvalue weighted by Gasteiger charge is -2.31. The summed E-state index contributed by atoms with van der Waals surface area (Å²) in [5, 5.41) is 5.64. The zero-order chi connectivity index (χ0) is 19.2. The molecule has 0 atom stereocenters. The Labute approximate surface area is 157 Å². The lowest BCUT2D eigenvalue weighted by atomic mass is 9.96. The number of urea groups is 1. The van der Waals surface area contributed by atoms with Gasteiger partial charge >= 0.3 is 6.03 Å². The lowest BCUT2D eigenvalue weighted by Crippen LogP contribution is -2.43. The number of hydrogen-bond donors (Lipinski definition) is 2. The highest BCUT2D eigenvalue weighted by Gasteiger charge is 2.27. The largest absolute Gasteiger partial charge is 0.497 e. The number of halogens is 1. The van der Waals surface area contributed by atoms with Gasteiger partial charge < -0.3 is 20.3 Å². The molecule has 1 saturated heterocycles. The molecule has 0 bridgehead atoms. The number of anilines is 2. The Morgan fingerprint density at radius 1 is 1.04 bits per heavy atom. The average molecular weight is 371 g/mol. The molecule has 2 N–H and O–H groups in total. The van der Waals surface area contributed by atoms with Gasteiger partial charge in [-0.2, -0.15) is 0 Å². The molecule has 7 heteroatoms. The Morgan fingerprint density at radius 2 is 1.74 bits per heavy atom. The molecule has 2 aromatic rings. The number of methoxy groups -OCH3 is 1. The van der Waals surface area contributed by atoms with E-state index in [2.05, 4.69) is 10.6 Å². The molecular formula is C20H22FN3O3. The van der Waals surface area contributed by atoms with Crippen LogP contribution in [0.3, 0.4) is 0 Å². The van der Waals surface area contributed by atoms with Gasteiger partial charge in [-0.15, -0.1) is 0 Å². The van der Waals surface area contributed by atoms with Gasteiger partial charge in [0.1, 0.15) is 11.6 Å². The molecule has 0 aromatic heterocycles. The minimum Gasteiger partial charge on any atom is -0.497 e. The van der Waals surface area contributed by atoms with E-state index >= 15 is 0 Å². The highest BCUT2D eigenvalue weighted by molar-refractivity contribution is 5.93. The monoisotopic (exact) mass is 371 g/mol. The number of amides is 3. The lowest BCUT2D eigenvalue weighted by molar-refractivity contribution is -0.121. The fraction of sp³-hybridized carbons (Fsp3) is 0.300. The van der Waals surface area contributed by atoms with Crippen LogP contribution in [-0.4, -0.2) is 37.0 Å². The van der Waals surface area contributed by atoms with Crippen LogP contribution in [-0.2, 0) is 4.79 Å². The average Bonchev–Trinajstić information content (AvgIpc) is 2.70. The van der Waals surface area contributed by atoms with Gasteiger partial charge in [0.2, 0.25) is 5.91 Å². The van der Waals surface area contributed by atoms with E-state index in [4.69, 9.17) is 4.74 Å². The first-order valence-corrected chi connectivity index (χ1v) is 8.81. The van der Waals surface area contributed by atoms with E-state index in [0.717, 1.165) is 0 Å². The molecule has 2 aromatic carbocycles. The van der Waals surface area contributed by atoms with E-state index < -0.39 is 0 Å². The quantitative estimate of drug-likeness (QED) is 0.861. The molecule has 0 radical (unpaired) electrons. The Morgan fingerprint density at radius 3 is 2.41 bits per heavy atom. The van der Waals surface area contributed by atoms with Crippen LogP contribution in [0.15, 0.2) is 48.5 Å². The van der Waals surface area contributed by atoms with Gasteiger partial charge in [0.25, 0.3) is 0 Å². The van der Waals surface area contributed by atoms with Crippen molar-refractivity contribution in [3.8, 4) is 5.75 Å². The zero-order valence-corrected chi connectivity index (χ0v) is 15.1. The van der Waals surface area contributed by atoms with E-state index in [1.807, 2.05) is 0 Å². The first-order valence-electron chi connectivity index (χ1n) is 8.81. The molecule has 1 heterocycles. The second-order valence-electron chi connectivity index (χ2n) is 6.42. The topological polar surface area (TPSA) is 70.7 Å². The van der Waals surface area contributed by atoms with Crippen molar-refractivity contribution in [2.45, 2.75) is 12.8 Å². The van der Waals surface area contributed by atoms with Crippen molar-refractivity contribution >= 4 is 23.3 Å². The maximum absolute atomic E-state index is 12.9. The van der Waals surface area contributed by atoms with Crippen LogP contribution < -0.4 is 15.4 Å². The number of ether oxygens (including phenoxy) is 1. The molecule has 1 fully saturated rings. The van der Waals surface area contributed by atoms with E-state index in [1.165, 1.54) is 24.3 Å². The number of benzene rings is 2. The fourth-order valence-corrected chi connectivity index (χ4v) is 3.03. The number of nitrogens with one attached hydrogen (secondary N) is 2. The van der Waals surface area contributed by atoms with Crippen LogP contribution in [0.1, 0.15) is 12.8 Å². The third-order valence-electron chi connectivity index (χ3n) is 4.59. The number of nitrogens with zero attached hydrogens (tertiary/aromatic N) is 1. The number of likely N-dealkylation sites (tertiary alicyclic amines) is 1. The predicted molar refractivity (Wildman–Crippen MR) is 101 cm³/mol. The second-order valence-corrected chi connectivity index (χ2v) is 6.42. The molecule has 1 aliphatic rings. The number of carbonyl (C=O) groups is 2.